The van der Waals surface area contributed by atoms with Crippen molar-refractivity contribution in [2.24, 2.45) is 0 Å². The molecule has 1 aliphatic heterocycles. The largest absolute Gasteiger partial charge is 0.454 e. The first-order chi connectivity index (χ1) is 12.0. The summed E-state index contributed by atoms with van der Waals surface area (Å²) >= 11 is 1.22. The van der Waals surface area contributed by atoms with Crippen molar-refractivity contribution in [2.75, 3.05) is 12.1 Å². The van der Waals surface area contributed by atoms with Gasteiger partial charge in [0.15, 0.2) is 16.7 Å². The number of fused-ring (bicyclic) bond motifs is 1. The molecule has 7 nitrogen and oxygen atoms in total. The van der Waals surface area contributed by atoms with Crippen LogP contribution in [0.3, 0.4) is 0 Å². The first kappa shape index (κ1) is 17.3. The molecular weight excluding hydrogens is 342 g/mol. The predicted octanol–water partition coefficient (Wildman–Crippen LogP) is 2.57. The minimum atomic E-state index is -0.426. The lowest BCUT2D eigenvalue weighted by atomic mass is 10.2. The topological polar surface area (TPSA) is 93.3 Å². The minimum absolute atomic E-state index is 0.187. The van der Waals surface area contributed by atoms with Gasteiger partial charge in [-0.2, -0.15) is 0 Å². The fourth-order valence-corrected chi connectivity index (χ4v) is 3.19. The Hall–Kier alpha value is -2.48. The highest BCUT2D eigenvalue weighted by molar-refractivity contribution is 8.00. The Balaban J connectivity index is 1.65. The summed E-state index contributed by atoms with van der Waals surface area (Å²) in [5.74, 6) is 1.08. The number of benzene rings is 1. The SMILES string of the molecule is CCCc1cc(=O)[nH]c(S[C@@H](C)C(=O)Nc2ccc3c(c2)OCO3)n1. The standard InChI is InChI=1S/C17H19N3O4S/c1-3-4-11-8-15(21)20-17(19-11)25-10(2)16(22)18-12-5-6-13-14(7-12)24-9-23-13/h5-8,10H,3-4,9H2,1-2H3,(H,18,22)(H,19,20,21)/t10-/m0/s1. The number of aryl methyl sites for hydroxylation is 1. The molecule has 1 aromatic heterocycles. The molecule has 0 aliphatic carbocycles. The zero-order chi connectivity index (χ0) is 17.8. The molecule has 0 spiro atoms. The van der Waals surface area contributed by atoms with E-state index in [0.29, 0.717) is 22.3 Å². The second kappa shape index (κ2) is 7.60. The van der Waals surface area contributed by atoms with Crippen LogP contribution in [0.25, 0.3) is 0 Å². The molecule has 0 radical (unpaired) electrons. The third kappa shape index (κ3) is 4.33. The van der Waals surface area contributed by atoms with Crippen LogP contribution in [0.1, 0.15) is 26.0 Å². The van der Waals surface area contributed by atoms with Gasteiger partial charge in [-0.3, -0.25) is 9.59 Å². The molecule has 1 aliphatic rings. The molecule has 2 heterocycles. The number of amides is 1. The first-order valence-corrected chi connectivity index (χ1v) is 8.90. The molecule has 0 saturated carbocycles. The lowest BCUT2D eigenvalue weighted by Gasteiger charge is -2.12. The van der Waals surface area contributed by atoms with Gasteiger partial charge >= 0.3 is 0 Å². The van der Waals surface area contributed by atoms with Gasteiger partial charge in [-0.1, -0.05) is 25.1 Å². The van der Waals surface area contributed by atoms with Gasteiger partial charge in [0.05, 0.1) is 5.25 Å². The van der Waals surface area contributed by atoms with Crippen LogP contribution < -0.4 is 20.3 Å². The summed E-state index contributed by atoms with van der Waals surface area (Å²) in [6, 6.07) is 6.72. The fraction of sp³-hybridized carbons (Fsp3) is 0.353. The maximum absolute atomic E-state index is 12.4. The molecule has 2 aromatic rings. The number of aromatic amines is 1. The van der Waals surface area contributed by atoms with Gasteiger partial charge in [0, 0.05) is 23.5 Å². The normalized spacial score (nSPS) is 13.5. The van der Waals surface area contributed by atoms with Crippen LogP contribution >= 0.6 is 11.8 Å². The molecule has 2 N–H and O–H groups in total. The summed E-state index contributed by atoms with van der Waals surface area (Å²) in [4.78, 5) is 31.2. The lowest BCUT2D eigenvalue weighted by molar-refractivity contribution is -0.115. The van der Waals surface area contributed by atoms with E-state index >= 15 is 0 Å². The van der Waals surface area contributed by atoms with E-state index in [1.165, 1.54) is 17.8 Å². The maximum atomic E-state index is 12.4. The number of aromatic nitrogens is 2. The lowest BCUT2D eigenvalue weighted by Crippen LogP contribution is -2.23. The van der Waals surface area contributed by atoms with Crippen molar-refractivity contribution in [1.29, 1.82) is 0 Å². The van der Waals surface area contributed by atoms with E-state index in [2.05, 4.69) is 15.3 Å². The van der Waals surface area contributed by atoms with Gasteiger partial charge in [-0.25, -0.2) is 4.98 Å². The summed E-state index contributed by atoms with van der Waals surface area (Å²) in [5, 5.41) is 2.85. The van der Waals surface area contributed by atoms with Gasteiger partial charge in [0.25, 0.3) is 5.56 Å². The van der Waals surface area contributed by atoms with Gasteiger partial charge in [-0.05, 0) is 25.5 Å². The van der Waals surface area contributed by atoms with Crippen LogP contribution in [-0.4, -0.2) is 27.9 Å². The minimum Gasteiger partial charge on any atom is -0.454 e. The molecule has 132 valence electrons. The van der Waals surface area contributed by atoms with Gasteiger partial charge in [0.1, 0.15) is 0 Å². The number of carbonyl (C=O) groups excluding carboxylic acids is 1. The van der Waals surface area contributed by atoms with E-state index in [1.54, 1.807) is 25.1 Å². The second-order valence-electron chi connectivity index (χ2n) is 5.61. The number of anilines is 1. The third-order valence-electron chi connectivity index (χ3n) is 3.58. The van der Waals surface area contributed by atoms with Crippen LogP contribution in [0.5, 0.6) is 11.5 Å². The van der Waals surface area contributed by atoms with Crippen molar-refractivity contribution < 1.29 is 14.3 Å². The van der Waals surface area contributed by atoms with E-state index in [9.17, 15) is 9.59 Å². The van der Waals surface area contributed by atoms with Crippen LogP contribution in [0, 0.1) is 0 Å². The van der Waals surface area contributed by atoms with E-state index in [-0.39, 0.29) is 18.3 Å². The smallest absolute Gasteiger partial charge is 0.251 e. The predicted molar refractivity (Wildman–Crippen MR) is 95.4 cm³/mol. The third-order valence-corrected chi connectivity index (χ3v) is 4.56. The van der Waals surface area contributed by atoms with E-state index < -0.39 is 5.25 Å². The quantitative estimate of drug-likeness (QED) is 0.607. The molecule has 0 saturated heterocycles. The molecule has 1 amide bonds. The molecule has 25 heavy (non-hydrogen) atoms. The molecule has 8 heteroatoms. The maximum Gasteiger partial charge on any atom is 0.251 e. The number of ether oxygens (including phenoxy) is 2. The average Bonchev–Trinajstić information content (AvgIpc) is 3.02. The van der Waals surface area contributed by atoms with E-state index in [4.69, 9.17) is 9.47 Å². The highest BCUT2D eigenvalue weighted by Crippen LogP contribution is 2.34. The molecule has 0 fully saturated rings. The molecular formula is C17H19N3O4S. The van der Waals surface area contributed by atoms with Gasteiger partial charge in [-0.15, -0.1) is 0 Å². The zero-order valence-corrected chi connectivity index (χ0v) is 14.8. The second-order valence-corrected chi connectivity index (χ2v) is 6.94. The zero-order valence-electron chi connectivity index (χ0n) is 14.0. The fourth-order valence-electron chi connectivity index (χ4n) is 2.36. The average molecular weight is 361 g/mol. The van der Waals surface area contributed by atoms with Gasteiger partial charge in [0.2, 0.25) is 12.7 Å². The molecule has 3 rings (SSSR count). The molecule has 1 atom stereocenters. The summed E-state index contributed by atoms with van der Waals surface area (Å²) < 4.78 is 10.5. The Labute approximate surface area is 149 Å². The number of hydrogen-bond donors (Lipinski definition) is 2. The summed E-state index contributed by atoms with van der Waals surface area (Å²) in [5.41, 5.74) is 1.16. The number of carbonyl (C=O) groups is 1. The molecule has 1 aromatic carbocycles. The van der Waals surface area contributed by atoms with Crippen LogP contribution in [-0.2, 0) is 11.2 Å². The summed E-state index contributed by atoms with van der Waals surface area (Å²) in [6.07, 6.45) is 1.63. The highest BCUT2D eigenvalue weighted by Gasteiger charge is 2.18. The summed E-state index contributed by atoms with van der Waals surface area (Å²) in [7, 11) is 0. The van der Waals surface area contributed by atoms with Crippen molar-refractivity contribution in [2.45, 2.75) is 37.1 Å². The number of H-pyrrole nitrogens is 1. The van der Waals surface area contributed by atoms with Crippen molar-refractivity contribution in [1.82, 2.24) is 9.97 Å². The number of nitrogens with zero attached hydrogens (tertiary/aromatic N) is 1. The van der Waals surface area contributed by atoms with Crippen LogP contribution in [0.2, 0.25) is 0 Å². The molecule has 0 unspecified atom stereocenters. The highest BCUT2D eigenvalue weighted by atomic mass is 32.2. The first-order valence-electron chi connectivity index (χ1n) is 8.02. The number of rotatable bonds is 6. The Morgan fingerprint density at radius 2 is 2.16 bits per heavy atom. The monoisotopic (exact) mass is 361 g/mol. The van der Waals surface area contributed by atoms with Crippen LogP contribution in [0.15, 0.2) is 34.2 Å². The Morgan fingerprint density at radius 3 is 2.96 bits per heavy atom. The number of nitrogens with one attached hydrogen (secondary N) is 2. The summed E-state index contributed by atoms with van der Waals surface area (Å²) in [6.45, 7) is 3.97. The van der Waals surface area contributed by atoms with Crippen molar-refractivity contribution >= 4 is 23.4 Å². The number of hydrogen-bond acceptors (Lipinski definition) is 6. The van der Waals surface area contributed by atoms with Crippen molar-refractivity contribution in [3.8, 4) is 11.5 Å². The number of thioether (sulfide) groups is 1. The van der Waals surface area contributed by atoms with Crippen molar-refractivity contribution in [3.05, 3.63) is 40.3 Å². The van der Waals surface area contributed by atoms with Crippen molar-refractivity contribution in [3.63, 3.8) is 0 Å². The molecule has 0 bridgehead atoms. The van der Waals surface area contributed by atoms with E-state index in [1.807, 2.05) is 6.92 Å². The Bertz CT molecular complexity index is 837. The van der Waals surface area contributed by atoms with Crippen LogP contribution in [0.4, 0.5) is 5.69 Å². The van der Waals surface area contributed by atoms with Gasteiger partial charge < -0.3 is 19.8 Å². The van der Waals surface area contributed by atoms with E-state index in [0.717, 1.165) is 18.5 Å². The Kier molecular flexibility index (Phi) is 5.28. The Morgan fingerprint density at radius 1 is 1.36 bits per heavy atom.